The van der Waals surface area contributed by atoms with Crippen LogP contribution in [0.25, 0.3) is 17.3 Å². The van der Waals surface area contributed by atoms with Crippen molar-refractivity contribution < 1.29 is 14.3 Å². The molecule has 2 aromatic carbocycles. The van der Waals surface area contributed by atoms with Crippen molar-refractivity contribution in [2.75, 3.05) is 12.4 Å². The van der Waals surface area contributed by atoms with Crippen LogP contribution in [0.1, 0.15) is 11.1 Å². The highest BCUT2D eigenvalue weighted by molar-refractivity contribution is 7.99. The van der Waals surface area contributed by atoms with Gasteiger partial charge in [0.15, 0.2) is 10.9 Å². The lowest BCUT2D eigenvalue weighted by Gasteiger charge is -2.14. The van der Waals surface area contributed by atoms with Crippen molar-refractivity contribution in [3.8, 4) is 23.0 Å². The number of ether oxygens (including phenoxy) is 1. The molecule has 4 aromatic rings. The average molecular weight is 422 g/mol. The molecular weight excluding hydrogens is 398 g/mol. The number of hydrogen-bond donors (Lipinski definition) is 1. The molecule has 0 aliphatic rings. The number of para-hydroxylation sites is 1. The first-order chi connectivity index (χ1) is 14.6. The smallest absolute Gasteiger partial charge is 0.205 e. The average Bonchev–Trinajstić information content (AvgIpc) is 3.40. The summed E-state index contributed by atoms with van der Waals surface area (Å²) < 4.78 is 13.2. The van der Waals surface area contributed by atoms with E-state index in [1.807, 2.05) is 73.0 Å². The lowest BCUT2D eigenvalue weighted by atomic mass is 10.1. The van der Waals surface area contributed by atoms with Crippen LogP contribution in [0, 0.1) is 13.8 Å². The van der Waals surface area contributed by atoms with E-state index in [1.54, 1.807) is 6.26 Å². The zero-order chi connectivity index (χ0) is 20.9. The van der Waals surface area contributed by atoms with Crippen molar-refractivity contribution in [2.45, 2.75) is 25.1 Å². The summed E-state index contributed by atoms with van der Waals surface area (Å²) in [5, 5.41) is 19.8. The third-order valence-electron chi connectivity index (χ3n) is 4.43. The number of benzene rings is 2. The summed E-state index contributed by atoms with van der Waals surface area (Å²) in [7, 11) is 0. The molecule has 0 spiro atoms. The summed E-state index contributed by atoms with van der Waals surface area (Å²) in [4.78, 5) is 0. The van der Waals surface area contributed by atoms with Gasteiger partial charge in [-0.1, -0.05) is 36.0 Å². The van der Waals surface area contributed by atoms with Crippen LogP contribution in [-0.2, 0) is 0 Å². The topological polar surface area (TPSA) is 73.3 Å². The van der Waals surface area contributed by atoms with E-state index in [0.29, 0.717) is 22.5 Å². The molecule has 0 amide bonds. The Balaban J connectivity index is 1.46. The molecule has 0 aliphatic heterocycles. The SMILES string of the molecule is Cc1cc(C)cc(OCC(O)CSc2nnc(-c3ccco3)n2-c2ccccc2)c1. The molecule has 0 saturated heterocycles. The van der Waals surface area contributed by atoms with Crippen LogP contribution in [0.15, 0.2) is 76.5 Å². The van der Waals surface area contributed by atoms with Gasteiger partial charge in [0.25, 0.3) is 0 Å². The van der Waals surface area contributed by atoms with Gasteiger partial charge in [0.1, 0.15) is 12.4 Å². The molecular formula is C23H23N3O3S. The maximum Gasteiger partial charge on any atom is 0.205 e. The van der Waals surface area contributed by atoms with Crippen LogP contribution >= 0.6 is 11.8 Å². The van der Waals surface area contributed by atoms with Crippen LogP contribution in [0.4, 0.5) is 0 Å². The first-order valence-electron chi connectivity index (χ1n) is 9.67. The first-order valence-corrected chi connectivity index (χ1v) is 10.7. The van der Waals surface area contributed by atoms with Gasteiger partial charge in [-0.25, -0.2) is 0 Å². The Labute approximate surface area is 179 Å². The van der Waals surface area contributed by atoms with E-state index in [1.165, 1.54) is 11.8 Å². The van der Waals surface area contributed by atoms with Gasteiger partial charge in [-0.3, -0.25) is 4.57 Å². The normalized spacial score (nSPS) is 12.1. The molecule has 0 saturated carbocycles. The quantitative estimate of drug-likeness (QED) is 0.417. The number of nitrogens with zero attached hydrogens (tertiary/aromatic N) is 3. The summed E-state index contributed by atoms with van der Waals surface area (Å²) in [6.45, 7) is 4.26. The van der Waals surface area contributed by atoms with Crippen molar-refractivity contribution in [3.05, 3.63) is 78.1 Å². The van der Waals surface area contributed by atoms with Crippen molar-refractivity contribution in [1.29, 1.82) is 0 Å². The molecule has 7 heteroatoms. The highest BCUT2D eigenvalue weighted by Crippen LogP contribution is 2.28. The fraction of sp³-hybridized carbons (Fsp3) is 0.217. The molecule has 2 heterocycles. The summed E-state index contributed by atoms with van der Waals surface area (Å²) in [5.74, 6) is 2.45. The summed E-state index contributed by atoms with van der Waals surface area (Å²) in [5.41, 5.74) is 3.20. The van der Waals surface area contributed by atoms with Gasteiger partial charge < -0.3 is 14.3 Å². The van der Waals surface area contributed by atoms with Crippen LogP contribution in [0.5, 0.6) is 5.75 Å². The Morgan fingerprint density at radius 1 is 1.03 bits per heavy atom. The summed E-state index contributed by atoms with van der Waals surface area (Å²) in [6, 6.07) is 19.5. The van der Waals surface area contributed by atoms with E-state index in [4.69, 9.17) is 9.15 Å². The Morgan fingerprint density at radius 3 is 2.50 bits per heavy atom. The fourth-order valence-electron chi connectivity index (χ4n) is 3.17. The molecule has 1 N–H and O–H groups in total. The summed E-state index contributed by atoms with van der Waals surface area (Å²) in [6.07, 6.45) is 0.962. The predicted octanol–water partition coefficient (Wildman–Crippen LogP) is 4.68. The van der Waals surface area contributed by atoms with Crippen LogP contribution in [-0.4, -0.2) is 38.3 Å². The molecule has 154 valence electrons. The minimum Gasteiger partial charge on any atom is -0.491 e. The van der Waals surface area contributed by atoms with Gasteiger partial charge in [-0.2, -0.15) is 0 Å². The van der Waals surface area contributed by atoms with Gasteiger partial charge in [-0.15, -0.1) is 10.2 Å². The van der Waals surface area contributed by atoms with E-state index >= 15 is 0 Å². The Bertz CT molecular complexity index is 1070. The third-order valence-corrected chi connectivity index (χ3v) is 5.51. The van der Waals surface area contributed by atoms with Crippen LogP contribution in [0.3, 0.4) is 0 Å². The van der Waals surface area contributed by atoms with Crippen molar-refractivity contribution in [1.82, 2.24) is 14.8 Å². The number of hydrogen-bond acceptors (Lipinski definition) is 6. The zero-order valence-corrected chi connectivity index (χ0v) is 17.7. The Kier molecular flexibility index (Phi) is 6.21. The zero-order valence-electron chi connectivity index (χ0n) is 16.9. The van der Waals surface area contributed by atoms with Gasteiger partial charge in [-0.05, 0) is 61.4 Å². The number of aromatic nitrogens is 3. The number of aliphatic hydroxyl groups excluding tert-OH is 1. The maximum absolute atomic E-state index is 10.4. The number of furan rings is 1. The monoisotopic (exact) mass is 421 g/mol. The third kappa shape index (κ3) is 4.75. The van der Waals surface area contributed by atoms with Crippen LogP contribution < -0.4 is 4.74 Å². The number of thioether (sulfide) groups is 1. The largest absolute Gasteiger partial charge is 0.491 e. The predicted molar refractivity (Wildman–Crippen MR) is 117 cm³/mol. The number of aryl methyl sites for hydroxylation is 2. The second kappa shape index (κ2) is 9.19. The molecule has 1 atom stereocenters. The van der Waals surface area contributed by atoms with Gasteiger partial charge in [0.2, 0.25) is 5.82 Å². The van der Waals surface area contributed by atoms with E-state index in [0.717, 1.165) is 22.6 Å². The molecule has 1 unspecified atom stereocenters. The second-order valence-corrected chi connectivity index (χ2v) is 8.04. The molecule has 0 aliphatic carbocycles. The molecule has 0 fully saturated rings. The Hall–Kier alpha value is -3.03. The molecule has 4 rings (SSSR count). The molecule has 0 bridgehead atoms. The standard InChI is InChI=1S/C23H23N3O3S/c1-16-11-17(2)13-20(12-16)29-14-19(27)15-30-23-25-24-22(21-9-6-10-28-21)26(23)18-7-4-3-5-8-18/h3-13,19,27H,14-15H2,1-2H3. The van der Waals surface area contributed by atoms with Gasteiger partial charge in [0, 0.05) is 11.4 Å². The highest BCUT2D eigenvalue weighted by atomic mass is 32.2. The van der Waals surface area contributed by atoms with Crippen molar-refractivity contribution in [2.24, 2.45) is 0 Å². The van der Waals surface area contributed by atoms with E-state index in [9.17, 15) is 5.11 Å². The highest BCUT2D eigenvalue weighted by Gasteiger charge is 2.19. The maximum atomic E-state index is 10.4. The van der Waals surface area contributed by atoms with Crippen molar-refractivity contribution >= 4 is 11.8 Å². The minimum atomic E-state index is -0.649. The lowest BCUT2D eigenvalue weighted by Crippen LogP contribution is -2.20. The van der Waals surface area contributed by atoms with Crippen LogP contribution in [0.2, 0.25) is 0 Å². The van der Waals surface area contributed by atoms with Gasteiger partial charge in [0.05, 0.1) is 12.4 Å². The number of rotatable bonds is 8. The van der Waals surface area contributed by atoms with E-state index in [-0.39, 0.29) is 6.61 Å². The summed E-state index contributed by atoms with van der Waals surface area (Å²) >= 11 is 1.43. The second-order valence-electron chi connectivity index (χ2n) is 7.05. The molecule has 30 heavy (non-hydrogen) atoms. The lowest BCUT2D eigenvalue weighted by molar-refractivity contribution is 0.126. The fourth-order valence-corrected chi connectivity index (χ4v) is 4.02. The van der Waals surface area contributed by atoms with E-state index < -0.39 is 6.10 Å². The van der Waals surface area contributed by atoms with Crippen molar-refractivity contribution in [3.63, 3.8) is 0 Å². The first kappa shape index (κ1) is 20.3. The van der Waals surface area contributed by atoms with E-state index in [2.05, 4.69) is 16.3 Å². The molecule has 0 radical (unpaired) electrons. The van der Waals surface area contributed by atoms with Gasteiger partial charge >= 0.3 is 0 Å². The molecule has 2 aromatic heterocycles. The molecule has 6 nitrogen and oxygen atoms in total. The number of aliphatic hydroxyl groups is 1. The Morgan fingerprint density at radius 2 is 1.80 bits per heavy atom. The minimum absolute atomic E-state index is 0.209.